The predicted octanol–water partition coefficient (Wildman–Crippen LogP) is 2.75. The predicted molar refractivity (Wildman–Crippen MR) is 73.7 cm³/mol. The van der Waals surface area contributed by atoms with Crippen molar-refractivity contribution in [2.24, 2.45) is 5.92 Å². The lowest BCUT2D eigenvalue weighted by Crippen LogP contribution is -2.29. The Bertz CT molecular complexity index is 442. The fourth-order valence-electron chi connectivity index (χ4n) is 2.52. The third-order valence-corrected chi connectivity index (χ3v) is 3.72. The summed E-state index contributed by atoms with van der Waals surface area (Å²) in [4.78, 5) is 11.5. The summed E-state index contributed by atoms with van der Waals surface area (Å²) in [5.74, 6) is 0.217. The van der Waals surface area contributed by atoms with Crippen molar-refractivity contribution >= 4 is 5.91 Å². The van der Waals surface area contributed by atoms with Crippen LogP contribution in [0.25, 0.3) is 0 Å². The molecule has 2 rings (SSSR count). The van der Waals surface area contributed by atoms with E-state index in [0.717, 1.165) is 19.0 Å². The first-order valence-electron chi connectivity index (χ1n) is 6.95. The van der Waals surface area contributed by atoms with E-state index in [1.807, 2.05) is 13.8 Å². The number of hydrogen-bond donors (Lipinski definition) is 1. The lowest BCUT2D eigenvalue weighted by molar-refractivity contribution is -0.123. The second kappa shape index (κ2) is 5.17. The molecule has 0 unspecified atom stereocenters. The highest BCUT2D eigenvalue weighted by atomic mass is 16.1. The van der Waals surface area contributed by atoms with E-state index in [-0.39, 0.29) is 11.8 Å². The standard InChI is InChI=1S/C15H24N2O/c1-10(2)15(18)16-8-7-13-9-11(3)17(12(13)4)14-5-6-14/h9-10,14H,5-8H2,1-4H3,(H,16,18). The summed E-state index contributed by atoms with van der Waals surface area (Å²) in [7, 11) is 0. The molecule has 1 aromatic rings. The molecule has 0 atom stereocenters. The summed E-state index contributed by atoms with van der Waals surface area (Å²) >= 11 is 0. The minimum Gasteiger partial charge on any atom is -0.356 e. The summed E-state index contributed by atoms with van der Waals surface area (Å²) < 4.78 is 2.46. The Morgan fingerprint density at radius 3 is 2.67 bits per heavy atom. The maximum absolute atomic E-state index is 11.5. The number of nitrogens with one attached hydrogen (secondary N) is 1. The molecule has 3 nitrogen and oxygen atoms in total. The molecule has 1 saturated carbocycles. The van der Waals surface area contributed by atoms with Crippen LogP contribution in [-0.4, -0.2) is 17.0 Å². The maximum Gasteiger partial charge on any atom is 0.222 e. The fraction of sp³-hybridized carbons (Fsp3) is 0.667. The third kappa shape index (κ3) is 2.77. The number of aryl methyl sites for hydroxylation is 1. The van der Waals surface area contributed by atoms with Crippen molar-refractivity contribution in [3.05, 3.63) is 23.0 Å². The van der Waals surface area contributed by atoms with Gasteiger partial charge in [-0.3, -0.25) is 4.79 Å². The molecule has 1 amide bonds. The van der Waals surface area contributed by atoms with Crippen LogP contribution in [0.1, 0.15) is 49.7 Å². The molecule has 0 bridgehead atoms. The molecule has 18 heavy (non-hydrogen) atoms. The van der Waals surface area contributed by atoms with Gasteiger partial charge >= 0.3 is 0 Å². The maximum atomic E-state index is 11.5. The highest BCUT2D eigenvalue weighted by molar-refractivity contribution is 5.77. The van der Waals surface area contributed by atoms with Gasteiger partial charge in [0.15, 0.2) is 0 Å². The van der Waals surface area contributed by atoms with E-state index in [0.29, 0.717) is 0 Å². The zero-order valence-electron chi connectivity index (χ0n) is 11.9. The van der Waals surface area contributed by atoms with Crippen molar-refractivity contribution < 1.29 is 4.79 Å². The molecular formula is C15H24N2O. The minimum absolute atomic E-state index is 0.0731. The second-order valence-corrected chi connectivity index (χ2v) is 5.69. The second-order valence-electron chi connectivity index (χ2n) is 5.69. The fourth-order valence-corrected chi connectivity index (χ4v) is 2.52. The first kappa shape index (κ1) is 13.2. The van der Waals surface area contributed by atoms with E-state index < -0.39 is 0 Å². The highest BCUT2D eigenvalue weighted by Crippen LogP contribution is 2.38. The van der Waals surface area contributed by atoms with E-state index in [2.05, 4.69) is 29.8 Å². The molecule has 1 fully saturated rings. The Labute approximate surface area is 110 Å². The molecule has 1 aliphatic rings. The van der Waals surface area contributed by atoms with Gasteiger partial charge in [-0.15, -0.1) is 0 Å². The quantitative estimate of drug-likeness (QED) is 0.854. The first-order valence-corrected chi connectivity index (χ1v) is 6.95. The van der Waals surface area contributed by atoms with Gasteiger partial charge < -0.3 is 9.88 Å². The number of carbonyl (C=O) groups excluding carboxylic acids is 1. The zero-order chi connectivity index (χ0) is 13.3. The summed E-state index contributed by atoms with van der Waals surface area (Å²) in [6.45, 7) is 8.97. The Hall–Kier alpha value is -1.25. The lowest BCUT2D eigenvalue weighted by atomic mass is 10.1. The van der Waals surface area contributed by atoms with Gasteiger partial charge in [-0.05, 0) is 44.7 Å². The zero-order valence-corrected chi connectivity index (χ0v) is 11.9. The van der Waals surface area contributed by atoms with Crippen molar-refractivity contribution in [1.82, 2.24) is 9.88 Å². The number of hydrogen-bond acceptors (Lipinski definition) is 1. The average Bonchev–Trinajstić information content (AvgIpc) is 3.07. The Morgan fingerprint density at radius 1 is 1.44 bits per heavy atom. The van der Waals surface area contributed by atoms with Crippen molar-refractivity contribution in [1.29, 1.82) is 0 Å². The van der Waals surface area contributed by atoms with Gasteiger partial charge in [0, 0.05) is 29.9 Å². The van der Waals surface area contributed by atoms with Gasteiger partial charge in [0.25, 0.3) is 0 Å². The lowest BCUT2D eigenvalue weighted by Gasteiger charge is -2.09. The number of amides is 1. The molecule has 1 aromatic heterocycles. The average molecular weight is 248 g/mol. The minimum atomic E-state index is 0.0731. The smallest absolute Gasteiger partial charge is 0.222 e. The van der Waals surface area contributed by atoms with Gasteiger partial charge in [0.05, 0.1) is 0 Å². The van der Waals surface area contributed by atoms with Gasteiger partial charge in [-0.25, -0.2) is 0 Å². The Balaban J connectivity index is 1.94. The normalized spacial score (nSPS) is 15.2. The van der Waals surface area contributed by atoms with Gasteiger partial charge in [0.2, 0.25) is 5.91 Å². The van der Waals surface area contributed by atoms with Crippen LogP contribution in [0.3, 0.4) is 0 Å². The number of rotatable bonds is 5. The summed E-state index contributed by atoms with van der Waals surface area (Å²) in [5, 5.41) is 2.98. The van der Waals surface area contributed by atoms with Gasteiger partial charge in [-0.1, -0.05) is 13.8 Å². The van der Waals surface area contributed by atoms with Crippen LogP contribution in [0.4, 0.5) is 0 Å². The van der Waals surface area contributed by atoms with Crippen molar-refractivity contribution in [3.8, 4) is 0 Å². The largest absolute Gasteiger partial charge is 0.356 e. The van der Waals surface area contributed by atoms with E-state index in [9.17, 15) is 4.79 Å². The van der Waals surface area contributed by atoms with Crippen LogP contribution in [-0.2, 0) is 11.2 Å². The van der Waals surface area contributed by atoms with Crippen LogP contribution < -0.4 is 5.32 Å². The van der Waals surface area contributed by atoms with Crippen molar-refractivity contribution in [2.45, 2.75) is 53.0 Å². The summed E-state index contributed by atoms with van der Waals surface area (Å²) in [6, 6.07) is 3.01. The van der Waals surface area contributed by atoms with Crippen LogP contribution in [0, 0.1) is 19.8 Å². The topological polar surface area (TPSA) is 34.0 Å². The molecule has 100 valence electrons. The highest BCUT2D eigenvalue weighted by Gasteiger charge is 2.26. The van der Waals surface area contributed by atoms with E-state index in [1.165, 1.54) is 29.8 Å². The van der Waals surface area contributed by atoms with E-state index in [1.54, 1.807) is 0 Å². The molecule has 1 N–H and O–H groups in total. The molecular weight excluding hydrogens is 224 g/mol. The number of carbonyl (C=O) groups is 1. The van der Waals surface area contributed by atoms with Crippen LogP contribution in [0.2, 0.25) is 0 Å². The molecule has 1 heterocycles. The van der Waals surface area contributed by atoms with Crippen LogP contribution >= 0.6 is 0 Å². The summed E-state index contributed by atoms with van der Waals surface area (Å²) in [5.41, 5.74) is 4.12. The molecule has 1 aliphatic carbocycles. The van der Waals surface area contributed by atoms with Crippen molar-refractivity contribution in [2.75, 3.05) is 6.54 Å². The molecule has 3 heteroatoms. The van der Waals surface area contributed by atoms with Gasteiger partial charge in [-0.2, -0.15) is 0 Å². The van der Waals surface area contributed by atoms with E-state index >= 15 is 0 Å². The molecule has 0 spiro atoms. The summed E-state index contributed by atoms with van der Waals surface area (Å²) in [6.07, 6.45) is 3.57. The van der Waals surface area contributed by atoms with Crippen LogP contribution in [0.5, 0.6) is 0 Å². The molecule has 0 aromatic carbocycles. The SMILES string of the molecule is Cc1cc(CCNC(=O)C(C)C)c(C)n1C1CC1. The van der Waals surface area contributed by atoms with E-state index in [4.69, 9.17) is 0 Å². The third-order valence-electron chi connectivity index (χ3n) is 3.72. The molecule has 0 saturated heterocycles. The molecule has 0 radical (unpaired) electrons. The number of aromatic nitrogens is 1. The van der Waals surface area contributed by atoms with Crippen LogP contribution in [0.15, 0.2) is 6.07 Å². The first-order chi connectivity index (χ1) is 8.50. The Morgan fingerprint density at radius 2 is 2.11 bits per heavy atom. The van der Waals surface area contributed by atoms with Gasteiger partial charge in [0.1, 0.15) is 0 Å². The van der Waals surface area contributed by atoms with Crippen molar-refractivity contribution in [3.63, 3.8) is 0 Å². The molecule has 0 aliphatic heterocycles. The Kier molecular flexibility index (Phi) is 3.79. The monoisotopic (exact) mass is 248 g/mol. The number of nitrogens with zero attached hydrogens (tertiary/aromatic N) is 1.